The van der Waals surface area contributed by atoms with E-state index in [0.717, 1.165) is 37.5 Å². The Morgan fingerprint density at radius 1 is 1.58 bits per heavy atom. The van der Waals surface area contributed by atoms with E-state index in [-0.39, 0.29) is 11.4 Å². The van der Waals surface area contributed by atoms with Gasteiger partial charge in [0.05, 0.1) is 0 Å². The summed E-state index contributed by atoms with van der Waals surface area (Å²) in [4.78, 5) is 19.3. The molecule has 0 aromatic carbocycles. The van der Waals surface area contributed by atoms with Crippen LogP contribution in [0.4, 0.5) is 10.9 Å². The molecule has 1 amide bonds. The lowest BCUT2D eigenvalue weighted by atomic mass is 10.0. The maximum atomic E-state index is 12.6. The molecule has 1 aliphatic heterocycles. The standard InChI is InChI=1S/C13H22N4OS/c1-4-7-15-12-16-10(14)9(19-12)11(18)17-8-5-6-13(17,2)3/h4-8,14H2,1-3H3,(H,15,16). The molecule has 19 heavy (non-hydrogen) atoms. The average molecular weight is 282 g/mol. The van der Waals surface area contributed by atoms with Crippen molar-refractivity contribution >= 4 is 28.2 Å². The first-order valence-electron chi connectivity index (χ1n) is 6.78. The second kappa shape index (κ2) is 5.36. The molecular weight excluding hydrogens is 260 g/mol. The Kier molecular flexibility index (Phi) is 3.99. The van der Waals surface area contributed by atoms with Crippen molar-refractivity contribution in [3.05, 3.63) is 4.88 Å². The highest BCUT2D eigenvalue weighted by Gasteiger charge is 2.37. The molecule has 0 unspecified atom stereocenters. The summed E-state index contributed by atoms with van der Waals surface area (Å²) in [6.07, 6.45) is 3.11. The lowest BCUT2D eigenvalue weighted by Crippen LogP contribution is -2.42. The molecule has 1 aliphatic rings. The monoisotopic (exact) mass is 282 g/mol. The molecule has 6 heteroatoms. The molecule has 1 fully saturated rings. The SMILES string of the molecule is CCCNc1nc(N)c(C(=O)N2CCCC2(C)C)s1. The summed E-state index contributed by atoms with van der Waals surface area (Å²) in [6, 6.07) is 0. The van der Waals surface area contributed by atoms with E-state index in [0.29, 0.717) is 10.7 Å². The maximum absolute atomic E-state index is 12.6. The van der Waals surface area contributed by atoms with Crippen LogP contribution >= 0.6 is 11.3 Å². The summed E-state index contributed by atoms with van der Waals surface area (Å²) < 4.78 is 0. The quantitative estimate of drug-likeness (QED) is 0.890. The molecule has 0 atom stereocenters. The van der Waals surface area contributed by atoms with Gasteiger partial charge in [0.1, 0.15) is 10.7 Å². The molecule has 0 saturated carbocycles. The van der Waals surface area contributed by atoms with Gasteiger partial charge in [-0.25, -0.2) is 4.98 Å². The van der Waals surface area contributed by atoms with E-state index in [2.05, 4.69) is 31.1 Å². The van der Waals surface area contributed by atoms with E-state index in [9.17, 15) is 4.79 Å². The minimum Gasteiger partial charge on any atom is -0.382 e. The number of nitrogens with two attached hydrogens (primary N) is 1. The summed E-state index contributed by atoms with van der Waals surface area (Å²) >= 11 is 1.36. The van der Waals surface area contributed by atoms with Gasteiger partial charge in [0.15, 0.2) is 5.13 Å². The largest absolute Gasteiger partial charge is 0.382 e. The van der Waals surface area contributed by atoms with Gasteiger partial charge in [-0.15, -0.1) is 0 Å². The van der Waals surface area contributed by atoms with E-state index >= 15 is 0 Å². The van der Waals surface area contributed by atoms with Crippen LogP contribution in [0.2, 0.25) is 0 Å². The Hall–Kier alpha value is -1.30. The normalized spacial score (nSPS) is 17.7. The van der Waals surface area contributed by atoms with Crippen LogP contribution in [0.25, 0.3) is 0 Å². The molecule has 2 heterocycles. The van der Waals surface area contributed by atoms with E-state index in [1.54, 1.807) is 0 Å². The van der Waals surface area contributed by atoms with Crippen LogP contribution in [0.3, 0.4) is 0 Å². The van der Waals surface area contributed by atoms with Crippen molar-refractivity contribution in [3.63, 3.8) is 0 Å². The number of hydrogen-bond donors (Lipinski definition) is 2. The van der Waals surface area contributed by atoms with Gasteiger partial charge in [-0.1, -0.05) is 18.3 Å². The second-order valence-corrected chi connectivity index (χ2v) is 6.53. The van der Waals surface area contributed by atoms with E-state index < -0.39 is 0 Å². The van der Waals surface area contributed by atoms with Crippen molar-refractivity contribution in [2.75, 3.05) is 24.1 Å². The van der Waals surface area contributed by atoms with Gasteiger partial charge in [0, 0.05) is 18.6 Å². The van der Waals surface area contributed by atoms with Crippen LogP contribution in [0.5, 0.6) is 0 Å². The third-order valence-corrected chi connectivity index (χ3v) is 4.54. The number of likely N-dealkylation sites (tertiary alicyclic amines) is 1. The summed E-state index contributed by atoms with van der Waals surface area (Å²) in [7, 11) is 0. The molecule has 1 saturated heterocycles. The first-order valence-corrected chi connectivity index (χ1v) is 7.59. The lowest BCUT2D eigenvalue weighted by molar-refractivity contribution is 0.0658. The van der Waals surface area contributed by atoms with Gasteiger partial charge in [0.2, 0.25) is 0 Å². The summed E-state index contributed by atoms with van der Waals surface area (Å²) in [6.45, 7) is 7.94. The number of aromatic nitrogens is 1. The summed E-state index contributed by atoms with van der Waals surface area (Å²) in [5.74, 6) is 0.360. The molecule has 5 nitrogen and oxygen atoms in total. The topological polar surface area (TPSA) is 71.2 Å². The van der Waals surface area contributed by atoms with E-state index in [1.165, 1.54) is 11.3 Å². The molecule has 0 aliphatic carbocycles. The number of nitrogens with zero attached hydrogens (tertiary/aromatic N) is 2. The van der Waals surface area contributed by atoms with Gasteiger partial charge < -0.3 is 16.0 Å². The Balaban J connectivity index is 2.17. The highest BCUT2D eigenvalue weighted by atomic mass is 32.1. The van der Waals surface area contributed by atoms with Gasteiger partial charge in [-0.3, -0.25) is 4.79 Å². The van der Waals surface area contributed by atoms with Gasteiger partial charge >= 0.3 is 0 Å². The van der Waals surface area contributed by atoms with Crippen molar-refractivity contribution in [1.82, 2.24) is 9.88 Å². The molecule has 0 bridgehead atoms. The van der Waals surface area contributed by atoms with Gasteiger partial charge in [-0.2, -0.15) is 0 Å². The number of thiazole rings is 1. The smallest absolute Gasteiger partial charge is 0.268 e. The fourth-order valence-electron chi connectivity index (χ4n) is 2.40. The van der Waals surface area contributed by atoms with Crippen molar-refractivity contribution in [3.8, 4) is 0 Å². The highest BCUT2D eigenvalue weighted by molar-refractivity contribution is 7.18. The maximum Gasteiger partial charge on any atom is 0.268 e. The van der Waals surface area contributed by atoms with Crippen LogP contribution in [0.15, 0.2) is 0 Å². The van der Waals surface area contributed by atoms with Crippen molar-refractivity contribution < 1.29 is 4.79 Å². The number of nitrogens with one attached hydrogen (secondary N) is 1. The van der Waals surface area contributed by atoms with Crippen molar-refractivity contribution in [2.45, 2.75) is 45.6 Å². The molecular formula is C13H22N4OS. The zero-order chi connectivity index (χ0) is 14.0. The fraction of sp³-hybridized carbons (Fsp3) is 0.692. The molecule has 3 N–H and O–H groups in total. The predicted molar refractivity (Wildman–Crippen MR) is 79.7 cm³/mol. The van der Waals surface area contributed by atoms with Crippen LogP contribution < -0.4 is 11.1 Å². The molecule has 1 aromatic heterocycles. The number of amides is 1. The first-order chi connectivity index (χ1) is 8.95. The lowest BCUT2D eigenvalue weighted by Gasteiger charge is -2.31. The first kappa shape index (κ1) is 14.1. The minimum absolute atomic E-state index is 0.0158. The molecule has 2 rings (SSSR count). The number of carbonyl (C=O) groups is 1. The van der Waals surface area contributed by atoms with Crippen LogP contribution in [-0.4, -0.2) is 34.4 Å². The Bertz CT molecular complexity index is 469. The third kappa shape index (κ3) is 2.83. The van der Waals surface area contributed by atoms with Gasteiger partial charge in [-0.05, 0) is 33.1 Å². The third-order valence-electron chi connectivity index (χ3n) is 3.52. The second-order valence-electron chi connectivity index (χ2n) is 5.53. The van der Waals surface area contributed by atoms with Crippen molar-refractivity contribution in [1.29, 1.82) is 0 Å². The predicted octanol–water partition coefficient (Wildman–Crippen LogP) is 2.56. The number of hydrogen-bond acceptors (Lipinski definition) is 5. The Labute approximate surface area is 118 Å². The van der Waals surface area contributed by atoms with Gasteiger partial charge in [0.25, 0.3) is 5.91 Å². The summed E-state index contributed by atoms with van der Waals surface area (Å²) in [5, 5.41) is 3.91. The Morgan fingerprint density at radius 3 is 2.89 bits per heavy atom. The minimum atomic E-state index is -0.0788. The van der Waals surface area contributed by atoms with Crippen molar-refractivity contribution in [2.24, 2.45) is 0 Å². The number of rotatable bonds is 4. The average Bonchev–Trinajstić information content (AvgIpc) is 2.88. The molecule has 0 spiro atoms. The van der Waals surface area contributed by atoms with E-state index in [1.807, 2.05) is 4.90 Å². The van der Waals surface area contributed by atoms with Crippen LogP contribution in [-0.2, 0) is 0 Å². The fourth-order valence-corrected chi connectivity index (χ4v) is 3.26. The summed E-state index contributed by atoms with van der Waals surface area (Å²) in [5.41, 5.74) is 5.80. The van der Waals surface area contributed by atoms with Crippen LogP contribution in [0.1, 0.15) is 49.7 Å². The molecule has 1 aromatic rings. The number of carbonyl (C=O) groups excluding carboxylic acids is 1. The molecule has 0 radical (unpaired) electrons. The number of nitrogen functional groups attached to an aromatic ring is 1. The zero-order valence-corrected chi connectivity index (χ0v) is 12.6. The highest BCUT2D eigenvalue weighted by Crippen LogP contribution is 2.33. The Morgan fingerprint density at radius 2 is 2.32 bits per heavy atom. The zero-order valence-electron chi connectivity index (χ0n) is 11.8. The van der Waals surface area contributed by atoms with E-state index in [4.69, 9.17) is 5.73 Å². The van der Waals surface area contributed by atoms with Crippen LogP contribution in [0, 0.1) is 0 Å². The molecule has 106 valence electrons. The number of anilines is 2.